The standard InChI is InChI=1S/C14H10F4O5S/c1-7-10(6-11(19)20)13(23-24(21,22)14(16,17)18)9-5-3-2-4-8(9)12(7)15/h2-5H,6H2,1H3,(H,19,20). The van der Waals surface area contributed by atoms with Crippen LogP contribution in [0.2, 0.25) is 0 Å². The summed E-state index contributed by atoms with van der Waals surface area (Å²) in [6.07, 6.45) is -0.906. The van der Waals surface area contributed by atoms with Gasteiger partial charge in [-0.2, -0.15) is 21.6 Å². The van der Waals surface area contributed by atoms with E-state index in [1.807, 2.05) is 0 Å². The van der Waals surface area contributed by atoms with Gasteiger partial charge in [0.25, 0.3) is 0 Å². The normalized spacial score (nSPS) is 12.4. The zero-order chi connectivity index (χ0) is 18.3. The highest BCUT2D eigenvalue weighted by atomic mass is 32.2. The van der Waals surface area contributed by atoms with Crippen molar-refractivity contribution in [1.82, 2.24) is 0 Å². The lowest BCUT2D eigenvalue weighted by molar-refractivity contribution is -0.136. The van der Waals surface area contributed by atoms with Gasteiger partial charge in [-0.3, -0.25) is 4.79 Å². The molecule has 0 amide bonds. The summed E-state index contributed by atoms with van der Waals surface area (Å²) in [5.41, 5.74) is -6.49. The second-order valence-corrected chi connectivity index (χ2v) is 6.38. The molecule has 1 N–H and O–H groups in total. The van der Waals surface area contributed by atoms with Gasteiger partial charge in [0.05, 0.1) is 6.42 Å². The molecule has 0 spiro atoms. The maximum Gasteiger partial charge on any atom is 0.534 e. The molecule has 0 aliphatic rings. The highest BCUT2D eigenvalue weighted by molar-refractivity contribution is 7.88. The van der Waals surface area contributed by atoms with Gasteiger partial charge >= 0.3 is 21.6 Å². The van der Waals surface area contributed by atoms with Crippen LogP contribution in [0.4, 0.5) is 17.6 Å². The number of fused-ring (bicyclic) bond motifs is 1. The van der Waals surface area contributed by atoms with Crippen LogP contribution >= 0.6 is 0 Å². The molecule has 10 heteroatoms. The molecule has 24 heavy (non-hydrogen) atoms. The molecular weight excluding hydrogens is 356 g/mol. The van der Waals surface area contributed by atoms with Crippen LogP contribution in [0.1, 0.15) is 11.1 Å². The number of alkyl halides is 3. The van der Waals surface area contributed by atoms with Crippen LogP contribution in [0.3, 0.4) is 0 Å². The lowest BCUT2D eigenvalue weighted by atomic mass is 9.97. The van der Waals surface area contributed by atoms with Gasteiger partial charge in [-0.05, 0) is 12.5 Å². The summed E-state index contributed by atoms with van der Waals surface area (Å²) in [7, 11) is -6.05. The third-order valence-corrected chi connectivity index (χ3v) is 4.22. The highest BCUT2D eigenvalue weighted by Crippen LogP contribution is 2.38. The zero-order valence-corrected chi connectivity index (χ0v) is 12.8. The van der Waals surface area contributed by atoms with E-state index < -0.39 is 45.1 Å². The molecule has 0 saturated carbocycles. The van der Waals surface area contributed by atoms with E-state index in [1.165, 1.54) is 18.2 Å². The molecule has 0 radical (unpaired) electrons. The number of halogens is 4. The maximum absolute atomic E-state index is 14.3. The molecule has 2 aromatic rings. The minimum absolute atomic E-state index is 0.184. The second-order valence-electron chi connectivity index (χ2n) is 4.85. The van der Waals surface area contributed by atoms with Crippen molar-refractivity contribution in [3.63, 3.8) is 0 Å². The Balaban J connectivity index is 2.83. The van der Waals surface area contributed by atoms with Crippen LogP contribution in [0, 0.1) is 12.7 Å². The number of carboxylic acid groups (broad SMARTS) is 1. The van der Waals surface area contributed by atoms with Crippen molar-refractivity contribution in [3.05, 3.63) is 41.2 Å². The predicted molar refractivity (Wildman–Crippen MR) is 75.6 cm³/mol. The van der Waals surface area contributed by atoms with E-state index in [-0.39, 0.29) is 16.3 Å². The number of hydrogen-bond donors (Lipinski definition) is 1. The van der Waals surface area contributed by atoms with Crippen LogP contribution in [-0.4, -0.2) is 25.0 Å². The van der Waals surface area contributed by atoms with Gasteiger partial charge in [0.15, 0.2) is 5.75 Å². The molecule has 0 unspecified atom stereocenters. The molecule has 2 rings (SSSR count). The lowest BCUT2D eigenvalue weighted by Gasteiger charge is -2.17. The first-order chi connectivity index (χ1) is 11.0. The molecule has 0 atom stereocenters. The molecule has 0 aliphatic carbocycles. The molecule has 0 aromatic heterocycles. The van der Waals surface area contributed by atoms with E-state index in [9.17, 15) is 30.8 Å². The van der Waals surface area contributed by atoms with Crippen molar-refractivity contribution >= 4 is 26.9 Å². The van der Waals surface area contributed by atoms with Crippen LogP contribution in [0.15, 0.2) is 24.3 Å². The Morgan fingerprint density at radius 1 is 1.21 bits per heavy atom. The first-order valence-electron chi connectivity index (χ1n) is 6.38. The minimum Gasteiger partial charge on any atom is -0.481 e. The Morgan fingerprint density at radius 3 is 2.25 bits per heavy atom. The molecule has 0 saturated heterocycles. The van der Waals surface area contributed by atoms with Crippen molar-refractivity contribution in [2.75, 3.05) is 0 Å². The Hall–Kier alpha value is -2.36. The highest BCUT2D eigenvalue weighted by Gasteiger charge is 2.49. The third kappa shape index (κ3) is 3.14. The van der Waals surface area contributed by atoms with E-state index in [4.69, 9.17) is 5.11 Å². The minimum atomic E-state index is -6.05. The van der Waals surface area contributed by atoms with Crippen LogP contribution < -0.4 is 4.18 Å². The Morgan fingerprint density at radius 2 is 1.75 bits per heavy atom. The van der Waals surface area contributed by atoms with Gasteiger partial charge < -0.3 is 9.29 Å². The largest absolute Gasteiger partial charge is 0.534 e. The fourth-order valence-corrected chi connectivity index (χ4v) is 2.66. The van der Waals surface area contributed by atoms with Gasteiger partial charge in [0.1, 0.15) is 5.82 Å². The molecule has 0 aliphatic heterocycles. The lowest BCUT2D eigenvalue weighted by Crippen LogP contribution is -2.28. The molecule has 130 valence electrons. The molecule has 0 bridgehead atoms. The van der Waals surface area contributed by atoms with Crippen molar-refractivity contribution in [1.29, 1.82) is 0 Å². The summed E-state index contributed by atoms with van der Waals surface area (Å²) in [4.78, 5) is 10.9. The summed E-state index contributed by atoms with van der Waals surface area (Å²) < 4.78 is 78.9. The van der Waals surface area contributed by atoms with Crippen molar-refractivity contribution < 1.29 is 40.1 Å². The van der Waals surface area contributed by atoms with E-state index in [1.54, 1.807) is 0 Å². The number of hydrogen-bond acceptors (Lipinski definition) is 4. The van der Waals surface area contributed by atoms with Gasteiger partial charge in [0.2, 0.25) is 0 Å². The Kier molecular flexibility index (Phi) is 4.44. The Bertz CT molecular complexity index is 919. The number of carboxylic acids is 1. The van der Waals surface area contributed by atoms with E-state index in [0.717, 1.165) is 13.0 Å². The molecule has 5 nitrogen and oxygen atoms in total. The molecule has 2 aromatic carbocycles. The van der Waals surface area contributed by atoms with Crippen LogP contribution in [-0.2, 0) is 21.3 Å². The topological polar surface area (TPSA) is 80.7 Å². The van der Waals surface area contributed by atoms with Gasteiger partial charge in [-0.15, -0.1) is 0 Å². The van der Waals surface area contributed by atoms with E-state index in [0.29, 0.717) is 0 Å². The number of rotatable bonds is 4. The SMILES string of the molecule is Cc1c(CC(=O)O)c(OS(=O)(=O)C(F)(F)F)c2ccccc2c1F. The van der Waals surface area contributed by atoms with Gasteiger partial charge in [0, 0.05) is 16.3 Å². The molecule has 0 heterocycles. The third-order valence-electron chi connectivity index (χ3n) is 3.27. The Labute approximate surface area is 133 Å². The molecular formula is C14H10F4O5S. The number of benzene rings is 2. The summed E-state index contributed by atoms with van der Waals surface area (Å²) in [5, 5.41) is 8.43. The van der Waals surface area contributed by atoms with Crippen molar-refractivity contribution in [3.8, 4) is 5.75 Å². The van der Waals surface area contributed by atoms with Crippen LogP contribution in [0.5, 0.6) is 5.75 Å². The van der Waals surface area contributed by atoms with Gasteiger partial charge in [-0.1, -0.05) is 24.3 Å². The smallest absolute Gasteiger partial charge is 0.481 e. The van der Waals surface area contributed by atoms with Gasteiger partial charge in [-0.25, -0.2) is 4.39 Å². The van der Waals surface area contributed by atoms with E-state index >= 15 is 0 Å². The quantitative estimate of drug-likeness (QED) is 0.511. The maximum atomic E-state index is 14.3. The number of aliphatic carboxylic acids is 1. The fourth-order valence-electron chi connectivity index (χ4n) is 2.16. The fraction of sp³-hybridized carbons (Fsp3) is 0.214. The summed E-state index contributed by atoms with van der Waals surface area (Å²) >= 11 is 0. The zero-order valence-electron chi connectivity index (χ0n) is 12.0. The van der Waals surface area contributed by atoms with Crippen molar-refractivity contribution in [2.45, 2.75) is 18.9 Å². The first kappa shape index (κ1) is 18.0. The summed E-state index contributed by atoms with van der Waals surface area (Å²) in [6, 6.07) is 5.08. The van der Waals surface area contributed by atoms with Crippen LogP contribution in [0.25, 0.3) is 10.8 Å². The predicted octanol–water partition coefficient (Wildman–Crippen LogP) is 3.14. The average molecular weight is 366 g/mol. The monoisotopic (exact) mass is 366 g/mol. The second kappa shape index (κ2) is 5.93. The van der Waals surface area contributed by atoms with Crippen molar-refractivity contribution in [2.24, 2.45) is 0 Å². The average Bonchev–Trinajstić information content (AvgIpc) is 2.46. The first-order valence-corrected chi connectivity index (χ1v) is 7.78. The molecule has 0 fully saturated rings. The van der Waals surface area contributed by atoms with E-state index in [2.05, 4.69) is 4.18 Å². The summed E-state index contributed by atoms with van der Waals surface area (Å²) in [5.74, 6) is -3.19. The number of carbonyl (C=O) groups is 1. The summed E-state index contributed by atoms with van der Waals surface area (Å²) in [6.45, 7) is 1.13.